The number of unbranched alkanes of at least 4 members (excludes halogenated alkanes) is 1. The van der Waals surface area contributed by atoms with E-state index in [0.29, 0.717) is 70.9 Å². The number of rotatable bonds is 30. The van der Waals surface area contributed by atoms with Gasteiger partial charge in [-0.3, -0.25) is 19.2 Å². The van der Waals surface area contributed by atoms with Crippen molar-refractivity contribution in [1.29, 1.82) is 0 Å². The van der Waals surface area contributed by atoms with Gasteiger partial charge in [0, 0.05) is 102 Å². The summed E-state index contributed by atoms with van der Waals surface area (Å²) in [6.07, 6.45) is 8.83. The Morgan fingerprint density at radius 1 is 0.932 bits per heavy atom. The van der Waals surface area contributed by atoms with Crippen molar-refractivity contribution in [2.45, 2.75) is 104 Å². The van der Waals surface area contributed by atoms with Gasteiger partial charge in [0.15, 0.2) is 0 Å². The Kier molecular flexibility index (Phi) is 22.0. The van der Waals surface area contributed by atoms with E-state index in [4.69, 9.17) is 18.9 Å². The quantitative estimate of drug-likeness (QED) is 0.0341. The Hall–Kier alpha value is -5.99. The number of hydrogen-bond acceptors (Lipinski definition) is 15. The van der Waals surface area contributed by atoms with Gasteiger partial charge >= 0.3 is 0 Å². The van der Waals surface area contributed by atoms with Crippen molar-refractivity contribution in [3.05, 3.63) is 83.6 Å². The molecule has 3 heterocycles. The third-order valence-electron chi connectivity index (χ3n) is 12.8. The zero-order valence-electron chi connectivity index (χ0n) is 43.2. The van der Waals surface area contributed by atoms with Crippen molar-refractivity contribution < 1.29 is 43.2 Å². The number of nitrogens with zero attached hydrogens (tertiary/aromatic N) is 5. The average molecular weight is 1030 g/mol. The number of aliphatic hydroxyl groups excluding tert-OH is 1. The van der Waals surface area contributed by atoms with E-state index in [-0.39, 0.29) is 43.8 Å². The summed E-state index contributed by atoms with van der Waals surface area (Å²) in [6.45, 7) is 15.7. The van der Waals surface area contributed by atoms with Crippen LogP contribution >= 0.6 is 11.3 Å². The van der Waals surface area contributed by atoms with E-state index in [0.717, 1.165) is 77.2 Å². The largest absolute Gasteiger partial charge is 0.494 e. The molecule has 0 unspecified atom stereocenters. The molecule has 396 valence electrons. The number of likely N-dealkylation sites (tertiary alicyclic amines) is 1. The minimum Gasteiger partial charge on any atom is -0.494 e. The Bertz CT molecular complexity index is 2390. The second-order valence-corrected chi connectivity index (χ2v) is 20.5. The maximum atomic E-state index is 13.9. The topological polar surface area (TPSA) is 219 Å². The van der Waals surface area contributed by atoms with Gasteiger partial charge in [0.05, 0.1) is 28.8 Å². The molecule has 4 aromatic rings. The van der Waals surface area contributed by atoms with Gasteiger partial charge in [0.1, 0.15) is 30.3 Å². The zero-order chi connectivity index (χ0) is 52.2. The highest BCUT2D eigenvalue weighted by Crippen LogP contribution is 2.30. The number of β-amino-alcohol motifs (C(OH)–C–C–N with tert-alkyl or cyclic N) is 1. The third kappa shape index (κ3) is 17.6. The van der Waals surface area contributed by atoms with Gasteiger partial charge in [0.2, 0.25) is 29.6 Å². The summed E-state index contributed by atoms with van der Waals surface area (Å²) < 4.78 is 23.0. The molecule has 4 amide bonds. The van der Waals surface area contributed by atoms with Crippen LogP contribution in [0.1, 0.15) is 89.0 Å². The predicted molar refractivity (Wildman–Crippen MR) is 283 cm³/mol. The molecule has 2 aromatic carbocycles. The third-order valence-corrected chi connectivity index (χ3v) is 13.7. The number of benzene rings is 2. The molecular formula is C54H75N9O9S. The fraction of sp³-hybridized carbons (Fsp3) is 0.537. The summed E-state index contributed by atoms with van der Waals surface area (Å²) in [4.78, 5) is 70.5. The van der Waals surface area contributed by atoms with Crippen molar-refractivity contribution >= 4 is 58.5 Å². The Labute approximate surface area is 434 Å². The molecule has 1 saturated carbocycles. The van der Waals surface area contributed by atoms with Gasteiger partial charge in [-0.05, 0) is 79.8 Å². The number of aliphatic hydroxyl groups is 1. The molecule has 0 radical (unpaired) electrons. The van der Waals surface area contributed by atoms with Crippen molar-refractivity contribution in [2.75, 3.05) is 83.6 Å². The molecule has 2 aliphatic rings. The lowest BCUT2D eigenvalue weighted by Gasteiger charge is -2.35. The van der Waals surface area contributed by atoms with Gasteiger partial charge in [-0.25, -0.2) is 9.97 Å². The van der Waals surface area contributed by atoms with Gasteiger partial charge in [-0.1, -0.05) is 64.1 Å². The molecule has 0 spiro atoms. The van der Waals surface area contributed by atoms with Crippen LogP contribution in [0.4, 0.5) is 17.5 Å². The second kappa shape index (κ2) is 28.5. The van der Waals surface area contributed by atoms with E-state index < -0.39 is 35.4 Å². The number of aromatic nitrogens is 3. The number of carbonyl (C=O) groups excluding carboxylic acids is 4. The van der Waals surface area contributed by atoms with Crippen molar-refractivity contribution in [1.82, 2.24) is 35.4 Å². The number of aryl methyl sites for hydroxylation is 1. The van der Waals surface area contributed by atoms with Crippen LogP contribution in [0, 0.1) is 18.3 Å². The maximum absolute atomic E-state index is 13.9. The van der Waals surface area contributed by atoms with E-state index in [1.807, 2.05) is 88.8 Å². The fourth-order valence-corrected chi connectivity index (χ4v) is 9.11. The van der Waals surface area contributed by atoms with E-state index in [2.05, 4.69) is 42.8 Å². The first kappa shape index (κ1) is 56.3. The van der Waals surface area contributed by atoms with Crippen LogP contribution in [0.15, 0.2) is 66.8 Å². The molecule has 1 aliphatic carbocycles. The molecular weight excluding hydrogens is 951 g/mol. The summed E-state index contributed by atoms with van der Waals surface area (Å²) in [5, 5.41) is 22.9. The SMILES string of the molecule is C=Cc1cnc(Nc2ccc(OCCCOCCCCOCCCOCC(=O)N[C@@H](C(=O)N3C[C@@H](O)C[C@@H]3C(=O)NCc3ccc(-c4scnc4C)cc3)C(C)(C)C)cc2)nc1NCCN(C)C(=O)C1CCC1. The number of likely N-dealkylation sites (N-methyl/N-ethyl adjacent to an activating group) is 1. The summed E-state index contributed by atoms with van der Waals surface area (Å²) in [7, 11) is 1.85. The lowest BCUT2D eigenvalue weighted by molar-refractivity contribution is -0.144. The van der Waals surface area contributed by atoms with Gasteiger partial charge in [-0.2, -0.15) is 4.98 Å². The van der Waals surface area contributed by atoms with E-state index in [9.17, 15) is 24.3 Å². The molecule has 18 nitrogen and oxygen atoms in total. The van der Waals surface area contributed by atoms with Gasteiger partial charge in [-0.15, -0.1) is 11.3 Å². The first-order valence-corrected chi connectivity index (χ1v) is 26.3. The average Bonchev–Trinajstić information content (AvgIpc) is 3.98. The number of hydrogen-bond donors (Lipinski definition) is 5. The summed E-state index contributed by atoms with van der Waals surface area (Å²) >= 11 is 1.58. The fourth-order valence-electron chi connectivity index (χ4n) is 8.30. The molecule has 3 atom stereocenters. The van der Waals surface area contributed by atoms with E-state index in [1.54, 1.807) is 28.5 Å². The molecule has 1 saturated heterocycles. The number of carbonyl (C=O) groups is 4. The highest BCUT2D eigenvalue weighted by Gasteiger charge is 2.44. The zero-order valence-corrected chi connectivity index (χ0v) is 44.0. The number of amides is 4. The maximum Gasteiger partial charge on any atom is 0.246 e. The van der Waals surface area contributed by atoms with Crippen LogP contribution in [0.3, 0.4) is 0 Å². The van der Waals surface area contributed by atoms with Crippen molar-refractivity contribution in [3.63, 3.8) is 0 Å². The van der Waals surface area contributed by atoms with Crippen molar-refractivity contribution in [2.24, 2.45) is 11.3 Å². The highest BCUT2D eigenvalue weighted by atomic mass is 32.1. The Morgan fingerprint density at radius 2 is 1.62 bits per heavy atom. The molecule has 2 fully saturated rings. The monoisotopic (exact) mass is 1030 g/mol. The van der Waals surface area contributed by atoms with Crippen LogP contribution < -0.4 is 26.0 Å². The number of nitrogens with one attached hydrogen (secondary N) is 4. The lowest BCUT2D eigenvalue weighted by atomic mass is 9.84. The van der Waals surface area contributed by atoms with Crippen LogP contribution in [-0.4, -0.2) is 145 Å². The van der Waals surface area contributed by atoms with Crippen LogP contribution in [0.5, 0.6) is 5.75 Å². The van der Waals surface area contributed by atoms with Crippen LogP contribution in [0.2, 0.25) is 0 Å². The molecule has 0 bridgehead atoms. The van der Waals surface area contributed by atoms with E-state index >= 15 is 0 Å². The Balaban J connectivity index is 0.772. The van der Waals surface area contributed by atoms with E-state index in [1.165, 1.54) is 4.90 Å². The first-order valence-electron chi connectivity index (χ1n) is 25.5. The van der Waals surface area contributed by atoms with Gasteiger partial charge < -0.3 is 55.1 Å². The lowest BCUT2D eigenvalue weighted by Crippen LogP contribution is -2.58. The molecule has 19 heteroatoms. The molecule has 6 rings (SSSR count). The summed E-state index contributed by atoms with van der Waals surface area (Å²) in [5.41, 5.74) is 5.65. The molecule has 1 aliphatic heterocycles. The smallest absolute Gasteiger partial charge is 0.246 e. The second-order valence-electron chi connectivity index (χ2n) is 19.6. The van der Waals surface area contributed by atoms with Crippen LogP contribution in [0.25, 0.3) is 16.5 Å². The van der Waals surface area contributed by atoms with Crippen LogP contribution in [-0.2, 0) is 39.9 Å². The normalized spacial score (nSPS) is 16.1. The predicted octanol–water partition coefficient (Wildman–Crippen LogP) is 6.76. The number of thiazole rings is 1. The molecule has 5 N–H and O–H groups in total. The highest BCUT2D eigenvalue weighted by molar-refractivity contribution is 7.13. The molecule has 73 heavy (non-hydrogen) atoms. The van der Waals surface area contributed by atoms with Crippen molar-refractivity contribution in [3.8, 4) is 16.2 Å². The van der Waals surface area contributed by atoms with Gasteiger partial charge in [0.25, 0.3) is 0 Å². The Morgan fingerprint density at radius 3 is 2.26 bits per heavy atom. The minimum absolute atomic E-state index is 0.00414. The number of ether oxygens (including phenoxy) is 4. The molecule has 2 aromatic heterocycles. The summed E-state index contributed by atoms with van der Waals surface area (Å²) in [6, 6.07) is 13.7. The first-order chi connectivity index (χ1) is 35.2. The number of anilines is 3. The minimum atomic E-state index is -0.942. The summed E-state index contributed by atoms with van der Waals surface area (Å²) in [5.74, 6) is 0.989. The standard InChI is InChI=1S/C54H75N9O9S/c1-7-39-33-57-53(61-49(39)55-23-24-62(6)51(67)41-13-10-14-41)59-42-19-21-44(22-20-42)72-30-12-28-70-26-9-8-25-69-27-11-29-71-35-46(65)60-48(54(3,4)5)52(68)63-34-43(64)31-45(63)50(66)56-32-38-15-17-40(18-16-38)47-37(2)58-36-73-47/h7,15-22,33,36,41,43,45,48,64H,1,8-14,23-32,34-35H2,2-6H3,(H,56,66)(H,60,65)(H2,55,57,59,61)/t43-,45+,48-/m0/s1.